The van der Waals surface area contributed by atoms with Crippen molar-refractivity contribution in [1.82, 2.24) is 14.8 Å². The largest absolute Gasteiger partial charge is 0.497 e. The minimum atomic E-state index is -0.288. The fourth-order valence-electron chi connectivity index (χ4n) is 4.00. The van der Waals surface area contributed by atoms with E-state index < -0.39 is 0 Å². The number of hydrogen-bond acceptors (Lipinski definition) is 6. The highest BCUT2D eigenvalue weighted by Crippen LogP contribution is 2.44. The molecule has 7 heteroatoms. The lowest BCUT2D eigenvalue weighted by Crippen LogP contribution is -2.40. The van der Waals surface area contributed by atoms with Crippen LogP contribution >= 0.6 is 11.3 Å². The predicted octanol–water partition coefficient (Wildman–Crippen LogP) is 3.62. The lowest BCUT2D eigenvalue weighted by molar-refractivity contribution is -0.123. The number of benzene rings is 1. The van der Waals surface area contributed by atoms with E-state index in [4.69, 9.17) is 4.74 Å². The molecule has 0 amide bonds. The average Bonchev–Trinajstić information content (AvgIpc) is 3.38. The topological polar surface area (TPSA) is 69.0 Å². The Kier molecular flexibility index (Phi) is 3.82. The SMILES string of the molecule is COc1ccc([C@@H]2[C@H]3C(=O)C[C@H](c4cccs4)C=C3Nc3ncnn32)cc1. The van der Waals surface area contributed by atoms with Crippen LogP contribution < -0.4 is 10.1 Å². The van der Waals surface area contributed by atoms with Crippen LogP contribution in [0.4, 0.5) is 5.95 Å². The first kappa shape index (κ1) is 16.3. The number of carbonyl (C=O) groups is 1. The van der Waals surface area contributed by atoms with E-state index in [1.54, 1.807) is 18.4 Å². The molecule has 3 aromatic rings. The third-order valence-electron chi connectivity index (χ3n) is 5.26. The van der Waals surface area contributed by atoms with Crippen molar-refractivity contribution in [2.75, 3.05) is 12.4 Å². The van der Waals surface area contributed by atoms with Crippen LogP contribution in [0.2, 0.25) is 0 Å². The number of allylic oxidation sites excluding steroid dienone is 2. The summed E-state index contributed by atoms with van der Waals surface area (Å²) in [4.78, 5) is 18.8. The predicted molar refractivity (Wildman–Crippen MR) is 103 cm³/mol. The number of methoxy groups -OCH3 is 1. The number of Topliss-reactive ketones (excluding diaryl/α,β-unsaturated/α-hetero) is 1. The second kappa shape index (κ2) is 6.35. The van der Waals surface area contributed by atoms with Crippen molar-refractivity contribution in [2.45, 2.75) is 18.4 Å². The van der Waals surface area contributed by atoms with E-state index in [0.29, 0.717) is 12.4 Å². The van der Waals surface area contributed by atoms with Crippen molar-refractivity contribution in [3.05, 3.63) is 70.3 Å². The van der Waals surface area contributed by atoms with E-state index in [-0.39, 0.29) is 23.7 Å². The molecule has 5 rings (SSSR count). The molecule has 3 heterocycles. The van der Waals surface area contributed by atoms with Gasteiger partial charge in [-0.1, -0.05) is 24.3 Å². The number of hydrogen-bond donors (Lipinski definition) is 1. The average molecular weight is 378 g/mol. The molecule has 2 aromatic heterocycles. The molecule has 0 radical (unpaired) electrons. The summed E-state index contributed by atoms with van der Waals surface area (Å²) >= 11 is 1.69. The van der Waals surface area contributed by atoms with Gasteiger partial charge in [-0.3, -0.25) is 4.79 Å². The molecule has 0 saturated carbocycles. The molecule has 6 nitrogen and oxygen atoms in total. The van der Waals surface area contributed by atoms with Crippen molar-refractivity contribution in [2.24, 2.45) is 5.92 Å². The Morgan fingerprint density at radius 2 is 2.11 bits per heavy atom. The Morgan fingerprint density at radius 1 is 1.26 bits per heavy atom. The van der Waals surface area contributed by atoms with Crippen molar-refractivity contribution in [3.63, 3.8) is 0 Å². The summed E-state index contributed by atoms with van der Waals surface area (Å²) < 4.78 is 7.08. The van der Waals surface area contributed by atoms with Crippen LogP contribution in [-0.4, -0.2) is 27.7 Å². The molecule has 27 heavy (non-hydrogen) atoms. The Morgan fingerprint density at radius 3 is 2.85 bits per heavy atom. The lowest BCUT2D eigenvalue weighted by atomic mass is 9.77. The van der Waals surface area contributed by atoms with Gasteiger partial charge in [0.25, 0.3) is 0 Å². The zero-order valence-corrected chi connectivity index (χ0v) is 15.5. The summed E-state index contributed by atoms with van der Waals surface area (Å²) in [7, 11) is 1.64. The van der Waals surface area contributed by atoms with E-state index in [1.807, 2.05) is 35.0 Å². The number of nitrogens with zero attached hydrogens (tertiary/aromatic N) is 3. The van der Waals surface area contributed by atoms with Gasteiger partial charge in [0, 0.05) is 22.9 Å². The van der Waals surface area contributed by atoms with Gasteiger partial charge in [-0.05, 0) is 29.1 Å². The Balaban J connectivity index is 1.60. The highest BCUT2D eigenvalue weighted by molar-refractivity contribution is 7.10. The second-order valence-corrected chi connectivity index (χ2v) is 7.74. The van der Waals surface area contributed by atoms with Crippen LogP contribution in [0.5, 0.6) is 5.75 Å². The van der Waals surface area contributed by atoms with Gasteiger partial charge < -0.3 is 10.1 Å². The van der Waals surface area contributed by atoms with Gasteiger partial charge in [-0.2, -0.15) is 10.1 Å². The number of anilines is 1. The van der Waals surface area contributed by atoms with E-state index in [2.05, 4.69) is 32.9 Å². The summed E-state index contributed by atoms with van der Waals surface area (Å²) in [6.07, 6.45) is 4.22. The Bertz CT molecular complexity index is 1010. The molecule has 0 unspecified atom stereocenters. The Labute approximate surface area is 160 Å². The van der Waals surface area contributed by atoms with Crippen LogP contribution in [0.1, 0.15) is 28.8 Å². The molecule has 3 atom stereocenters. The first-order valence-corrected chi connectivity index (χ1v) is 9.71. The normalized spacial score (nSPS) is 23.8. The van der Waals surface area contributed by atoms with Crippen molar-refractivity contribution >= 4 is 23.1 Å². The van der Waals surface area contributed by atoms with Crippen LogP contribution in [0.3, 0.4) is 0 Å². The van der Waals surface area contributed by atoms with Gasteiger partial charge in [-0.25, -0.2) is 4.68 Å². The van der Waals surface area contributed by atoms with E-state index in [1.165, 1.54) is 11.2 Å². The number of ketones is 1. The number of fused-ring (bicyclic) bond motifs is 2. The van der Waals surface area contributed by atoms with Crippen molar-refractivity contribution < 1.29 is 9.53 Å². The summed E-state index contributed by atoms with van der Waals surface area (Å²) in [5.41, 5.74) is 1.94. The zero-order valence-electron chi connectivity index (χ0n) is 14.7. The summed E-state index contributed by atoms with van der Waals surface area (Å²) in [6, 6.07) is 11.7. The van der Waals surface area contributed by atoms with Crippen molar-refractivity contribution in [1.29, 1.82) is 0 Å². The molecule has 1 aliphatic carbocycles. The lowest BCUT2D eigenvalue weighted by Gasteiger charge is -2.37. The molecular weight excluding hydrogens is 360 g/mol. The van der Waals surface area contributed by atoms with Crippen LogP contribution in [-0.2, 0) is 4.79 Å². The van der Waals surface area contributed by atoms with Gasteiger partial charge in [0.1, 0.15) is 17.9 Å². The van der Waals surface area contributed by atoms with E-state index in [0.717, 1.165) is 17.0 Å². The molecule has 1 aromatic carbocycles. The maximum absolute atomic E-state index is 13.2. The first-order chi connectivity index (χ1) is 13.2. The first-order valence-electron chi connectivity index (χ1n) is 8.83. The Hall–Kier alpha value is -2.93. The third kappa shape index (κ3) is 2.66. The minimum absolute atomic E-state index is 0.113. The standard InChI is InChI=1S/C20H18N4O2S/c1-26-14-6-4-12(5-7-14)19-18-15(23-20-21-11-22-24(19)20)9-13(10-16(18)25)17-3-2-8-27-17/h2-9,11,13,18-19H,10H2,1H3,(H,21,22,23)/t13-,18-,19-/m1/s1. The fraction of sp³-hybridized carbons (Fsp3) is 0.250. The number of ether oxygens (including phenoxy) is 1. The quantitative estimate of drug-likeness (QED) is 0.754. The molecule has 136 valence electrons. The fourth-order valence-corrected chi connectivity index (χ4v) is 4.79. The smallest absolute Gasteiger partial charge is 0.226 e. The van der Waals surface area contributed by atoms with Crippen molar-refractivity contribution in [3.8, 4) is 5.75 Å². The van der Waals surface area contributed by atoms with Crippen LogP contribution in [0, 0.1) is 5.92 Å². The number of thiophene rings is 1. The van der Waals surface area contributed by atoms with E-state index >= 15 is 0 Å². The van der Waals surface area contributed by atoms with E-state index in [9.17, 15) is 4.79 Å². The van der Waals surface area contributed by atoms with Gasteiger partial charge in [0.05, 0.1) is 19.1 Å². The maximum Gasteiger partial charge on any atom is 0.226 e. The minimum Gasteiger partial charge on any atom is -0.497 e. The molecule has 0 spiro atoms. The number of aromatic nitrogens is 3. The molecule has 0 saturated heterocycles. The molecule has 0 fully saturated rings. The number of carbonyl (C=O) groups excluding carboxylic acids is 1. The van der Waals surface area contributed by atoms with Crippen LogP contribution in [0.25, 0.3) is 0 Å². The highest BCUT2D eigenvalue weighted by atomic mass is 32.1. The van der Waals surface area contributed by atoms with Gasteiger partial charge in [-0.15, -0.1) is 11.3 Å². The maximum atomic E-state index is 13.2. The molecule has 2 aliphatic rings. The molecule has 1 N–H and O–H groups in total. The van der Waals surface area contributed by atoms with Crippen LogP contribution in [0.15, 0.2) is 59.9 Å². The van der Waals surface area contributed by atoms with Gasteiger partial charge in [0.2, 0.25) is 5.95 Å². The zero-order chi connectivity index (χ0) is 18.4. The summed E-state index contributed by atoms with van der Waals surface area (Å²) in [5.74, 6) is 1.50. The van der Waals surface area contributed by atoms with Gasteiger partial charge in [0.15, 0.2) is 0 Å². The molecular formula is C20H18N4O2S. The summed E-state index contributed by atoms with van der Waals surface area (Å²) in [6.45, 7) is 0. The monoisotopic (exact) mass is 378 g/mol. The summed E-state index contributed by atoms with van der Waals surface area (Å²) in [5, 5.41) is 9.77. The second-order valence-electron chi connectivity index (χ2n) is 6.76. The number of rotatable bonds is 3. The molecule has 0 bridgehead atoms. The highest BCUT2D eigenvalue weighted by Gasteiger charge is 2.43. The molecule has 1 aliphatic heterocycles. The van der Waals surface area contributed by atoms with Gasteiger partial charge >= 0.3 is 0 Å². The number of nitrogens with one attached hydrogen (secondary N) is 1. The third-order valence-corrected chi connectivity index (χ3v) is 6.26.